The summed E-state index contributed by atoms with van der Waals surface area (Å²) in [6.07, 6.45) is 0. The maximum absolute atomic E-state index is 5.51. The molecule has 0 spiro atoms. The summed E-state index contributed by atoms with van der Waals surface area (Å²) in [7, 11) is 1.97. The Morgan fingerprint density at radius 3 is 2.50 bits per heavy atom. The molecule has 4 nitrogen and oxygen atoms in total. The smallest absolute Gasteiger partial charge is 0.208 e. The lowest BCUT2D eigenvalue weighted by Gasteiger charge is -2.21. The molecule has 0 saturated carbocycles. The molecule has 0 saturated heterocycles. The first-order valence-corrected chi connectivity index (χ1v) is 6.79. The van der Waals surface area contributed by atoms with Crippen LogP contribution in [0.5, 0.6) is 0 Å². The molecule has 0 aromatic heterocycles. The molecule has 1 aromatic carbocycles. The van der Waals surface area contributed by atoms with Gasteiger partial charge in [-0.3, -0.25) is 10.4 Å². The van der Waals surface area contributed by atoms with E-state index in [9.17, 15) is 0 Å². The minimum atomic E-state index is 0.523. The molecule has 0 aliphatic rings. The van der Waals surface area contributed by atoms with E-state index in [0.29, 0.717) is 11.9 Å². The first-order valence-electron chi connectivity index (χ1n) is 5.99. The number of nitrogens with zero attached hydrogens (tertiary/aromatic N) is 2. The zero-order valence-electron chi connectivity index (χ0n) is 11.2. The number of nitrogens with two attached hydrogens (primary N) is 1. The van der Waals surface area contributed by atoms with Crippen molar-refractivity contribution in [3.05, 3.63) is 34.3 Å². The van der Waals surface area contributed by atoms with E-state index in [4.69, 9.17) is 5.84 Å². The maximum Gasteiger partial charge on any atom is 0.208 e. The third-order valence-corrected chi connectivity index (χ3v) is 2.96. The summed E-state index contributed by atoms with van der Waals surface area (Å²) in [5.74, 6) is 6.74. The second-order valence-corrected chi connectivity index (χ2v) is 5.60. The van der Waals surface area contributed by atoms with Crippen LogP contribution in [0.15, 0.2) is 33.7 Å². The molecule has 0 heterocycles. The first-order chi connectivity index (χ1) is 8.52. The molecule has 0 aliphatic heterocycles. The van der Waals surface area contributed by atoms with Crippen molar-refractivity contribution in [3.63, 3.8) is 0 Å². The van der Waals surface area contributed by atoms with Gasteiger partial charge in [-0.15, -0.1) is 0 Å². The van der Waals surface area contributed by atoms with Crippen LogP contribution in [0, 0.1) is 5.92 Å². The number of rotatable bonds is 4. The molecule has 0 unspecified atom stereocenters. The SMILES string of the molecule is CC(C)CN=C(NN)N(C)Cc1ccc(Br)cc1. The number of aliphatic imine (C=N–C) groups is 1. The molecule has 0 aliphatic carbocycles. The predicted molar refractivity (Wildman–Crippen MR) is 80.1 cm³/mol. The topological polar surface area (TPSA) is 53.6 Å². The Labute approximate surface area is 117 Å². The quantitative estimate of drug-likeness (QED) is 0.388. The van der Waals surface area contributed by atoms with Crippen molar-refractivity contribution in [1.82, 2.24) is 10.3 Å². The molecule has 0 fully saturated rings. The molecular weight excluding hydrogens is 292 g/mol. The zero-order chi connectivity index (χ0) is 13.5. The van der Waals surface area contributed by atoms with Crippen molar-refractivity contribution in [2.75, 3.05) is 13.6 Å². The Bertz CT molecular complexity index is 386. The van der Waals surface area contributed by atoms with Crippen molar-refractivity contribution in [3.8, 4) is 0 Å². The summed E-state index contributed by atoms with van der Waals surface area (Å²) in [6, 6.07) is 8.22. The van der Waals surface area contributed by atoms with Crippen LogP contribution < -0.4 is 11.3 Å². The van der Waals surface area contributed by atoms with E-state index in [1.807, 2.05) is 24.1 Å². The van der Waals surface area contributed by atoms with Gasteiger partial charge in [-0.05, 0) is 23.6 Å². The van der Waals surface area contributed by atoms with Crippen LogP contribution in [0.1, 0.15) is 19.4 Å². The predicted octanol–water partition coefficient (Wildman–Crippen LogP) is 2.36. The average molecular weight is 313 g/mol. The summed E-state index contributed by atoms with van der Waals surface area (Å²) in [4.78, 5) is 6.46. The molecular formula is C13H21BrN4. The normalized spacial score (nSPS) is 11.8. The van der Waals surface area contributed by atoms with Crippen LogP contribution in [0.25, 0.3) is 0 Å². The number of hydrogen-bond donors (Lipinski definition) is 2. The van der Waals surface area contributed by atoms with Crippen molar-refractivity contribution >= 4 is 21.9 Å². The highest BCUT2D eigenvalue weighted by atomic mass is 79.9. The molecule has 100 valence electrons. The van der Waals surface area contributed by atoms with Gasteiger partial charge in [0.15, 0.2) is 0 Å². The summed E-state index contributed by atoms with van der Waals surface area (Å²) < 4.78 is 1.08. The summed E-state index contributed by atoms with van der Waals surface area (Å²) in [5.41, 5.74) is 3.87. The van der Waals surface area contributed by atoms with Crippen LogP contribution >= 0.6 is 15.9 Å². The van der Waals surface area contributed by atoms with Crippen LogP contribution in [0.2, 0.25) is 0 Å². The highest BCUT2D eigenvalue weighted by molar-refractivity contribution is 9.10. The van der Waals surface area contributed by atoms with Gasteiger partial charge in [-0.25, -0.2) is 5.84 Å². The minimum absolute atomic E-state index is 0.523. The third-order valence-electron chi connectivity index (χ3n) is 2.43. The number of hydrazine groups is 1. The fourth-order valence-corrected chi connectivity index (χ4v) is 1.75. The van der Waals surface area contributed by atoms with Crippen molar-refractivity contribution < 1.29 is 0 Å². The number of hydrogen-bond acceptors (Lipinski definition) is 2. The standard InChI is InChI=1S/C13H21BrN4/c1-10(2)8-16-13(17-15)18(3)9-11-4-6-12(14)7-5-11/h4-7,10H,8-9,15H2,1-3H3,(H,16,17). The highest BCUT2D eigenvalue weighted by Gasteiger charge is 2.06. The fourth-order valence-electron chi connectivity index (χ4n) is 1.48. The second kappa shape index (κ2) is 7.38. The van der Waals surface area contributed by atoms with E-state index in [1.54, 1.807) is 0 Å². The number of nitrogens with one attached hydrogen (secondary N) is 1. The largest absolute Gasteiger partial charge is 0.341 e. The Balaban J connectivity index is 2.64. The average Bonchev–Trinajstić information content (AvgIpc) is 2.32. The molecule has 5 heteroatoms. The van der Waals surface area contributed by atoms with Gasteiger partial charge in [0.2, 0.25) is 5.96 Å². The molecule has 18 heavy (non-hydrogen) atoms. The van der Waals surface area contributed by atoms with Gasteiger partial charge in [0.25, 0.3) is 0 Å². The van der Waals surface area contributed by atoms with E-state index in [1.165, 1.54) is 5.56 Å². The summed E-state index contributed by atoms with van der Waals surface area (Å²) >= 11 is 3.43. The third kappa shape index (κ3) is 5.06. The first kappa shape index (κ1) is 15.0. The van der Waals surface area contributed by atoms with E-state index in [2.05, 4.69) is 52.3 Å². The van der Waals surface area contributed by atoms with Gasteiger partial charge in [-0.1, -0.05) is 41.9 Å². The van der Waals surface area contributed by atoms with E-state index in [-0.39, 0.29) is 0 Å². The van der Waals surface area contributed by atoms with Gasteiger partial charge in [0.05, 0.1) is 0 Å². The van der Waals surface area contributed by atoms with Gasteiger partial charge in [-0.2, -0.15) is 0 Å². The van der Waals surface area contributed by atoms with Crippen molar-refractivity contribution in [2.24, 2.45) is 16.8 Å². The van der Waals surface area contributed by atoms with Crippen LogP contribution in [0.3, 0.4) is 0 Å². The van der Waals surface area contributed by atoms with Crippen LogP contribution in [-0.4, -0.2) is 24.5 Å². The monoisotopic (exact) mass is 312 g/mol. The lowest BCUT2D eigenvalue weighted by atomic mass is 10.2. The van der Waals surface area contributed by atoms with Crippen LogP contribution in [0.4, 0.5) is 0 Å². The Kier molecular flexibility index (Phi) is 6.15. The molecule has 0 atom stereocenters. The lowest BCUT2D eigenvalue weighted by Crippen LogP contribution is -2.42. The van der Waals surface area contributed by atoms with Gasteiger partial charge in [0, 0.05) is 24.6 Å². The van der Waals surface area contributed by atoms with Crippen LogP contribution in [-0.2, 0) is 6.54 Å². The molecule has 3 N–H and O–H groups in total. The molecule has 0 amide bonds. The van der Waals surface area contributed by atoms with Gasteiger partial charge < -0.3 is 4.90 Å². The summed E-state index contributed by atoms with van der Waals surface area (Å²) in [6.45, 7) is 5.80. The molecule has 0 radical (unpaired) electrons. The highest BCUT2D eigenvalue weighted by Crippen LogP contribution is 2.11. The summed E-state index contributed by atoms with van der Waals surface area (Å²) in [5, 5.41) is 0. The number of benzene rings is 1. The van der Waals surface area contributed by atoms with E-state index in [0.717, 1.165) is 17.6 Å². The fraction of sp³-hybridized carbons (Fsp3) is 0.462. The van der Waals surface area contributed by atoms with E-state index < -0.39 is 0 Å². The molecule has 1 rings (SSSR count). The number of guanidine groups is 1. The van der Waals surface area contributed by atoms with Gasteiger partial charge in [0.1, 0.15) is 0 Å². The Morgan fingerprint density at radius 2 is 2.00 bits per heavy atom. The van der Waals surface area contributed by atoms with E-state index >= 15 is 0 Å². The zero-order valence-corrected chi connectivity index (χ0v) is 12.7. The molecule has 0 bridgehead atoms. The number of halogens is 1. The van der Waals surface area contributed by atoms with Gasteiger partial charge >= 0.3 is 0 Å². The lowest BCUT2D eigenvalue weighted by molar-refractivity contribution is 0.474. The van der Waals surface area contributed by atoms with Crippen molar-refractivity contribution in [1.29, 1.82) is 0 Å². The van der Waals surface area contributed by atoms with Crippen molar-refractivity contribution in [2.45, 2.75) is 20.4 Å². The Morgan fingerprint density at radius 1 is 1.39 bits per heavy atom. The molecule has 1 aromatic rings. The maximum atomic E-state index is 5.51. The Hall–Kier alpha value is -1.07. The minimum Gasteiger partial charge on any atom is -0.341 e. The second-order valence-electron chi connectivity index (χ2n) is 4.69.